The fourth-order valence-electron chi connectivity index (χ4n) is 4.10. The number of likely N-dealkylation sites (tertiary alicyclic amines) is 1. The molecule has 1 aliphatic heterocycles. The van der Waals surface area contributed by atoms with Gasteiger partial charge in [-0.2, -0.15) is 0 Å². The van der Waals surface area contributed by atoms with Crippen molar-refractivity contribution in [1.82, 2.24) is 10.2 Å². The monoisotopic (exact) mass is 385 g/mol. The highest BCUT2D eigenvalue weighted by atomic mass is 35.5. The van der Waals surface area contributed by atoms with Gasteiger partial charge >= 0.3 is 0 Å². The summed E-state index contributed by atoms with van der Waals surface area (Å²) in [5.74, 6) is 0.877. The number of rotatable bonds is 6. The van der Waals surface area contributed by atoms with E-state index in [1.165, 1.54) is 5.56 Å². The average molecular weight is 386 g/mol. The Bertz CT molecular complexity index is 736. The number of hydrogen-bond donors (Lipinski definition) is 2. The van der Waals surface area contributed by atoms with Gasteiger partial charge in [0.2, 0.25) is 5.91 Å². The van der Waals surface area contributed by atoms with E-state index < -0.39 is 0 Å². The number of amides is 1. The maximum Gasteiger partial charge on any atom is 0.242 e. The summed E-state index contributed by atoms with van der Waals surface area (Å²) >= 11 is 0. The Morgan fingerprint density at radius 3 is 2.26 bits per heavy atom. The predicted octanol–water partition coefficient (Wildman–Crippen LogP) is 3.10. The Morgan fingerprint density at radius 1 is 1.04 bits per heavy atom. The van der Waals surface area contributed by atoms with Crippen LogP contribution in [0.4, 0.5) is 0 Å². The SMILES string of the molecule is Cl.NC[C@@H]1CN(C(C(=O)NC2CC2)c2ccccc2)C[C@H]1c1ccccc1. The van der Waals surface area contributed by atoms with Gasteiger partial charge in [-0.1, -0.05) is 60.7 Å². The molecule has 1 heterocycles. The van der Waals surface area contributed by atoms with E-state index in [0.29, 0.717) is 24.4 Å². The molecule has 1 amide bonds. The van der Waals surface area contributed by atoms with Crippen molar-refractivity contribution in [3.8, 4) is 0 Å². The molecule has 4 rings (SSSR count). The van der Waals surface area contributed by atoms with E-state index in [4.69, 9.17) is 5.73 Å². The summed E-state index contributed by atoms with van der Waals surface area (Å²) in [6.45, 7) is 2.36. The molecule has 0 bridgehead atoms. The standard InChI is InChI=1S/C22H27N3O.ClH/c23-13-18-14-25(15-20(18)16-7-3-1-4-8-16)21(17-9-5-2-6-10-17)22(26)24-19-11-12-19;/h1-10,18-21H,11-15,23H2,(H,24,26);1H/t18-,20+,21?;/m1./s1. The maximum absolute atomic E-state index is 13.0. The van der Waals surface area contributed by atoms with Crippen molar-refractivity contribution < 1.29 is 4.79 Å². The van der Waals surface area contributed by atoms with Gasteiger partial charge in [0.05, 0.1) is 0 Å². The zero-order valence-electron chi connectivity index (χ0n) is 15.5. The summed E-state index contributed by atoms with van der Waals surface area (Å²) in [5, 5.41) is 3.20. The summed E-state index contributed by atoms with van der Waals surface area (Å²) in [7, 11) is 0. The lowest BCUT2D eigenvalue weighted by molar-refractivity contribution is -0.126. The predicted molar refractivity (Wildman–Crippen MR) is 111 cm³/mol. The van der Waals surface area contributed by atoms with Crippen LogP contribution in [0.1, 0.15) is 35.9 Å². The van der Waals surface area contributed by atoms with Gasteiger partial charge in [-0.3, -0.25) is 9.69 Å². The van der Waals surface area contributed by atoms with Gasteiger partial charge in [-0.05, 0) is 36.4 Å². The molecular formula is C22H28ClN3O. The van der Waals surface area contributed by atoms with Crippen LogP contribution >= 0.6 is 12.4 Å². The first-order valence-corrected chi connectivity index (χ1v) is 9.60. The summed E-state index contributed by atoms with van der Waals surface area (Å²) in [6.07, 6.45) is 2.20. The minimum atomic E-state index is -0.237. The van der Waals surface area contributed by atoms with Gasteiger partial charge in [0.15, 0.2) is 0 Å². The summed E-state index contributed by atoms with van der Waals surface area (Å²) in [6, 6.07) is 20.8. The van der Waals surface area contributed by atoms with Gasteiger partial charge in [0, 0.05) is 25.0 Å². The normalized spacial score (nSPS) is 23.4. The van der Waals surface area contributed by atoms with Crippen molar-refractivity contribution in [3.05, 3.63) is 71.8 Å². The Labute approximate surface area is 167 Å². The molecule has 2 aromatic carbocycles. The number of nitrogens with two attached hydrogens (primary N) is 1. The second kappa shape index (κ2) is 8.87. The molecule has 0 radical (unpaired) electrons. The molecule has 1 aliphatic carbocycles. The third-order valence-electron chi connectivity index (χ3n) is 5.65. The number of nitrogens with one attached hydrogen (secondary N) is 1. The molecule has 1 saturated carbocycles. The molecule has 27 heavy (non-hydrogen) atoms. The minimum Gasteiger partial charge on any atom is -0.352 e. The zero-order chi connectivity index (χ0) is 17.9. The highest BCUT2D eigenvalue weighted by molar-refractivity contribution is 5.85. The third kappa shape index (κ3) is 4.52. The van der Waals surface area contributed by atoms with E-state index in [0.717, 1.165) is 31.5 Å². The van der Waals surface area contributed by atoms with Crippen LogP contribution in [-0.4, -0.2) is 36.5 Å². The van der Waals surface area contributed by atoms with E-state index >= 15 is 0 Å². The quantitative estimate of drug-likeness (QED) is 0.803. The topological polar surface area (TPSA) is 58.4 Å². The highest BCUT2D eigenvalue weighted by Gasteiger charge is 2.40. The number of carbonyl (C=O) groups is 1. The summed E-state index contributed by atoms with van der Waals surface area (Å²) in [4.78, 5) is 15.4. The largest absolute Gasteiger partial charge is 0.352 e. The molecule has 0 aromatic heterocycles. The number of hydrogen-bond acceptors (Lipinski definition) is 3. The molecule has 2 aromatic rings. The molecular weight excluding hydrogens is 358 g/mol. The smallest absolute Gasteiger partial charge is 0.242 e. The first kappa shape index (κ1) is 19.9. The lowest BCUT2D eigenvalue weighted by Gasteiger charge is -2.27. The van der Waals surface area contributed by atoms with Crippen molar-refractivity contribution in [2.75, 3.05) is 19.6 Å². The Hall–Kier alpha value is -1.88. The van der Waals surface area contributed by atoms with Crippen molar-refractivity contribution in [1.29, 1.82) is 0 Å². The van der Waals surface area contributed by atoms with Crippen LogP contribution < -0.4 is 11.1 Å². The van der Waals surface area contributed by atoms with E-state index in [-0.39, 0.29) is 24.4 Å². The van der Waals surface area contributed by atoms with Crippen LogP contribution in [0.3, 0.4) is 0 Å². The fraction of sp³-hybridized carbons (Fsp3) is 0.409. The van der Waals surface area contributed by atoms with Crippen LogP contribution in [0, 0.1) is 5.92 Å². The third-order valence-corrected chi connectivity index (χ3v) is 5.65. The van der Waals surface area contributed by atoms with Crippen LogP contribution in [0.2, 0.25) is 0 Å². The maximum atomic E-state index is 13.0. The molecule has 0 spiro atoms. The van der Waals surface area contributed by atoms with Gasteiger partial charge in [0.25, 0.3) is 0 Å². The molecule has 144 valence electrons. The lowest BCUT2D eigenvalue weighted by Crippen LogP contribution is -2.40. The Morgan fingerprint density at radius 2 is 1.67 bits per heavy atom. The van der Waals surface area contributed by atoms with Gasteiger partial charge in [-0.25, -0.2) is 0 Å². The van der Waals surface area contributed by atoms with Crippen molar-refractivity contribution in [2.45, 2.75) is 30.8 Å². The summed E-state index contributed by atoms with van der Waals surface area (Å²) < 4.78 is 0. The van der Waals surface area contributed by atoms with Crippen LogP contribution in [-0.2, 0) is 4.79 Å². The molecule has 1 unspecified atom stereocenters. The number of nitrogens with zero attached hydrogens (tertiary/aromatic N) is 1. The van der Waals surface area contributed by atoms with Crippen LogP contribution in [0.5, 0.6) is 0 Å². The van der Waals surface area contributed by atoms with Crippen LogP contribution in [0.25, 0.3) is 0 Å². The summed E-state index contributed by atoms with van der Waals surface area (Å²) in [5.41, 5.74) is 8.49. The van der Waals surface area contributed by atoms with Crippen molar-refractivity contribution in [2.24, 2.45) is 11.7 Å². The van der Waals surface area contributed by atoms with Gasteiger partial charge in [-0.15, -0.1) is 12.4 Å². The fourth-order valence-corrected chi connectivity index (χ4v) is 4.10. The second-order valence-electron chi connectivity index (χ2n) is 7.56. The van der Waals surface area contributed by atoms with E-state index in [1.807, 2.05) is 24.3 Å². The first-order valence-electron chi connectivity index (χ1n) is 9.60. The van der Waals surface area contributed by atoms with Crippen molar-refractivity contribution >= 4 is 18.3 Å². The van der Waals surface area contributed by atoms with Gasteiger partial charge in [0.1, 0.15) is 6.04 Å². The second-order valence-corrected chi connectivity index (χ2v) is 7.56. The number of carbonyl (C=O) groups excluding carboxylic acids is 1. The highest BCUT2D eigenvalue weighted by Crippen LogP contribution is 2.37. The number of halogens is 1. The first-order chi connectivity index (χ1) is 12.8. The van der Waals surface area contributed by atoms with E-state index in [1.54, 1.807) is 0 Å². The molecule has 3 atom stereocenters. The average Bonchev–Trinajstić information content (AvgIpc) is 3.39. The van der Waals surface area contributed by atoms with E-state index in [2.05, 4.69) is 46.6 Å². The minimum absolute atomic E-state index is 0. The number of benzene rings is 2. The Kier molecular flexibility index (Phi) is 6.53. The van der Waals surface area contributed by atoms with Gasteiger partial charge < -0.3 is 11.1 Å². The Balaban J connectivity index is 0.00000210. The molecule has 4 nitrogen and oxygen atoms in total. The zero-order valence-corrected chi connectivity index (χ0v) is 16.3. The molecule has 1 saturated heterocycles. The van der Waals surface area contributed by atoms with E-state index in [9.17, 15) is 4.79 Å². The lowest BCUT2D eigenvalue weighted by atomic mass is 9.89. The molecule has 5 heteroatoms. The molecule has 2 aliphatic rings. The van der Waals surface area contributed by atoms with Crippen molar-refractivity contribution in [3.63, 3.8) is 0 Å². The molecule has 3 N–H and O–H groups in total. The van der Waals surface area contributed by atoms with Crippen LogP contribution in [0.15, 0.2) is 60.7 Å². The molecule has 2 fully saturated rings.